The molecule has 0 saturated heterocycles. The number of aryl methyl sites for hydroxylation is 2. The fourth-order valence-electron chi connectivity index (χ4n) is 3.92. The van der Waals surface area contributed by atoms with Crippen molar-refractivity contribution in [3.8, 4) is 22.5 Å². The topological polar surface area (TPSA) is 125 Å². The molecule has 0 spiro atoms. The predicted molar refractivity (Wildman–Crippen MR) is 177 cm³/mol. The molecule has 0 aliphatic heterocycles. The van der Waals surface area contributed by atoms with Crippen molar-refractivity contribution in [2.45, 2.75) is 33.0 Å². The van der Waals surface area contributed by atoms with Gasteiger partial charge in [-0.1, -0.05) is 10.3 Å². The van der Waals surface area contributed by atoms with Gasteiger partial charge in [-0.05, 0) is 105 Å². The third-order valence-electron chi connectivity index (χ3n) is 6.21. The van der Waals surface area contributed by atoms with Gasteiger partial charge in [-0.15, -0.1) is 0 Å². The van der Waals surface area contributed by atoms with Gasteiger partial charge >= 0.3 is 0 Å². The predicted octanol–water partition coefficient (Wildman–Crippen LogP) is 8.10. The van der Waals surface area contributed by atoms with Crippen LogP contribution in [0.15, 0.2) is 91.7 Å². The van der Waals surface area contributed by atoms with E-state index in [1.807, 2.05) is 24.0 Å². The zero-order valence-electron chi connectivity index (χ0n) is 23.7. The third kappa shape index (κ3) is 8.80. The summed E-state index contributed by atoms with van der Waals surface area (Å²) in [5.74, 6) is -0.716. The molecule has 6 rings (SSSR count). The van der Waals surface area contributed by atoms with E-state index in [9.17, 15) is 18.7 Å². The van der Waals surface area contributed by atoms with E-state index in [1.165, 1.54) is 46.4 Å². The number of aliphatic hydroxyl groups is 1. The first-order chi connectivity index (χ1) is 21.6. The maximum atomic E-state index is 13.2. The SMILES string of the molecule is CCn1cc(C(O)c2conc2-c2ccc(F)cc2Br)cn1.CCn1cc(I)cn1.O=Cc1conc1-c1ccc(F)cc1Br. The quantitative estimate of drug-likeness (QED) is 0.126. The van der Waals surface area contributed by atoms with Gasteiger partial charge < -0.3 is 14.2 Å². The fourth-order valence-corrected chi connectivity index (χ4v) is 5.45. The van der Waals surface area contributed by atoms with Crippen LogP contribution in [0.3, 0.4) is 0 Å². The summed E-state index contributed by atoms with van der Waals surface area (Å²) in [6.45, 7) is 5.71. The summed E-state index contributed by atoms with van der Waals surface area (Å²) in [7, 11) is 0. The maximum Gasteiger partial charge on any atom is 0.155 e. The molecule has 1 unspecified atom stereocenters. The summed E-state index contributed by atoms with van der Waals surface area (Å²) < 4.78 is 41.6. The molecule has 4 heterocycles. The second-order valence-electron chi connectivity index (χ2n) is 9.15. The molecule has 0 fully saturated rings. The molecule has 234 valence electrons. The zero-order chi connectivity index (χ0) is 32.5. The van der Waals surface area contributed by atoms with Crippen LogP contribution >= 0.6 is 54.5 Å². The van der Waals surface area contributed by atoms with Gasteiger partial charge in [0.15, 0.2) is 6.29 Å². The van der Waals surface area contributed by atoms with Crippen molar-refractivity contribution >= 4 is 60.7 Å². The number of nitrogens with zero attached hydrogens (tertiary/aromatic N) is 6. The zero-order valence-corrected chi connectivity index (χ0v) is 29.1. The van der Waals surface area contributed by atoms with Crippen molar-refractivity contribution in [2.24, 2.45) is 0 Å². The molecule has 15 heteroatoms. The smallest absolute Gasteiger partial charge is 0.155 e. The lowest BCUT2D eigenvalue weighted by Crippen LogP contribution is -2.00. The molecule has 1 N–H and O–H groups in total. The van der Waals surface area contributed by atoms with Gasteiger partial charge in [0.25, 0.3) is 0 Å². The Labute approximate surface area is 286 Å². The van der Waals surface area contributed by atoms with Gasteiger partial charge in [-0.2, -0.15) is 10.2 Å². The third-order valence-corrected chi connectivity index (χ3v) is 8.08. The van der Waals surface area contributed by atoms with E-state index in [-0.39, 0.29) is 11.6 Å². The van der Waals surface area contributed by atoms with Crippen molar-refractivity contribution in [3.63, 3.8) is 0 Å². The van der Waals surface area contributed by atoms with Crippen LogP contribution in [0.25, 0.3) is 22.5 Å². The van der Waals surface area contributed by atoms with Crippen molar-refractivity contribution in [2.75, 3.05) is 0 Å². The molecule has 0 radical (unpaired) electrons. The Kier molecular flexibility index (Phi) is 12.3. The van der Waals surface area contributed by atoms with Gasteiger partial charge in [0.1, 0.15) is 41.7 Å². The Morgan fingerprint density at radius 2 is 1.44 bits per heavy atom. The highest BCUT2D eigenvalue weighted by Crippen LogP contribution is 2.35. The van der Waals surface area contributed by atoms with Gasteiger partial charge in [-0.25, -0.2) is 8.78 Å². The monoisotopic (exact) mass is 856 g/mol. The number of rotatable bonds is 7. The summed E-state index contributed by atoms with van der Waals surface area (Å²) in [6.07, 6.45) is 9.59. The van der Waals surface area contributed by atoms with E-state index in [0.29, 0.717) is 61.0 Å². The molecule has 2 aromatic carbocycles. The van der Waals surface area contributed by atoms with Crippen molar-refractivity contribution in [1.29, 1.82) is 0 Å². The van der Waals surface area contributed by atoms with E-state index in [0.717, 1.165) is 6.54 Å². The summed E-state index contributed by atoms with van der Waals surface area (Å²) in [6, 6.07) is 8.39. The minimum absolute atomic E-state index is 0.335. The van der Waals surface area contributed by atoms with Crippen LogP contribution in [0.4, 0.5) is 8.78 Å². The highest BCUT2D eigenvalue weighted by molar-refractivity contribution is 14.1. The molecule has 10 nitrogen and oxygen atoms in total. The Morgan fingerprint density at radius 3 is 1.96 bits per heavy atom. The number of hydrogen-bond acceptors (Lipinski definition) is 8. The molecule has 0 bridgehead atoms. The first-order valence-corrected chi connectivity index (χ1v) is 15.9. The van der Waals surface area contributed by atoms with Crippen molar-refractivity contribution in [3.05, 3.63) is 115 Å². The number of aldehydes is 1. The first-order valence-electron chi connectivity index (χ1n) is 13.3. The molecular formula is C30H25Br2F2IN6O4. The van der Waals surface area contributed by atoms with Gasteiger partial charge in [0, 0.05) is 51.1 Å². The molecular weight excluding hydrogens is 833 g/mol. The number of halogens is 5. The number of carbonyl (C=O) groups is 1. The second-order valence-corrected chi connectivity index (χ2v) is 12.1. The molecule has 0 saturated carbocycles. The maximum absolute atomic E-state index is 13.2. The fraction of sp³-hybridized carbons (Fsp3) is 0.167. The summed E-state index contributed by atoms with van der Waals surface area (Å²) >= 11 is 8.74. The van der Waals surface area contributed by atoms with Crippen LogP contribution in [0.5, 0.6) is 0 Å². The Morgan fingerprint density at radius 1 is 0.889 bits per heavy atom. The van der Waals surface area contributed by atoms with E-state index in [1.54, 1.807) is 23.1 Å². The average molecular weight is 858 g/mol. The number of carbonyl (C=O) groups excluding carboxylic acids is 1. The van der Waals surface area contributed by atoms with E-state index in [2.05, 4.69) is 86.4 Å². The minimum Gasteiger partial charge on any atom is -0.383 e. The molecule has 0 amide bonds. The highest BCUT2D eigenvalue weighted by atomic mass is 127. The van der Waals surface area contributed by atoms with Gasteiger partial charge in [0.2, 0.25) is 0 Å². The molecule has 45 heavy (non-hydrogen) atoms. The van der Waals surface area contributed by atoms with Gasteiger partial charge in [-0.3, -0.25) is 14.2 Å². The van der Waals surface area contributed by atoms with E-state index in [4.69, 9.17) is 4.52 Å². The standard InChI is InChI=1S/C15H13BrFN3O2.C10H5BrFNO2.C5H7IN2/c1-2-20-7-9(6-18-20)15(21)12-8-22-19-14(12)11-4-3-10(17)5-13(11)16;11-9-3-7(12)1-2-8(9)10-6(4-14)5-15-13-10;1-2-8-4-5(6)3-7-8/h3-8,15,21H,2H2,1H3;1-5H;3-4H,2H2,1H3. The molecule has 0 aliphatic rings. The van der Waals surface area contributed by atoms with Crippen molar-refractivity contribution in [1.82, 2.24) is 29.9 Å². The van der Waals surface area contributed by atoms with Crippen LogP contribution < -0.4 is 0 Å². The Bertz CT molecular complexity index is 1870. The summed E-state index contributed by atoms with van der Waals surface area (Å²) in [5, 5.41) is 26.3. The van der Waals surface area contributed by atoms with E-state index >= 15 is 0 Å². The molecule has 0 aliphatic carbocycles. The average Bonchev–Trinajstić information content (AvgIpc) is 3.85. The summed E-state index contributed by atoms with van der Waals surface area (Å²) in [5.41, 5.74) is 3.61. The van der Waals surface area contributed by atoms with Crippen LogP contribution in [0, 0.1) is 15.2 Å². The molecule has 4 aromatic heterocycles. The van der Waals surface area contributed by atoms with Crippen LogP contribution in [0.2, 0.25) is 0 Å². The molecule has 1 atom stereocenters. The lowest BCUT2D eigenvalue weighted by Gasteiger charge is -2.09. The number of hydrogen-bond donors (Lipinski definition) is 1. The highest BCUT2D eigenvalue weighted by Gasteiger charge is 2.22. The summed E-state index contributed by atoms with van der Waals surface area (Å²) in [4.78, 5) is 10.7. The Hall–Kier alpha value is -3.54. The second kappa shape index (κ2) is 16.1. The van der Waals surface area contributed by atoms with Crippen LogP contribution in [-0.4, -0.2) is 41.3 Å². The Balaban J connectivity index is 0.000000172. The molecule has 6 aromatic rings. The van der Waals surface area contributed by atoms with Crippen molar-refractivity contribution < 1.29 is 27.7 Å². The number of aliphatic hydroxyl groups excluding tert-OH is 1. The normalized spacial score (nSPS) is 11.3. The largest absolute Gasteiger partial charge is 0.383 e. The number of aromatic nitrogens is 6. The van der Waals surface area contributed by atoms with Crippen LogP contribution in [-0.2, 0) is 13.1 Å². The van der Waals surface area contributed by atoms with Crippen LogP contribution in [0.1, 0.15) is 41.4 Å². The number of benzene rings is 2. The first kappa shape index (κ1) is 34.3. The van der Waals surface area contributed by atoms with E-state index < -0.39 is 6.10 Å². The lowest BCUT2D eigenvalue weighted by atomic mass is 10.0. The minimum atomic E-state index is -0.918. The van der Waals surface area contributed by atoms with Gasteiger partial charge in [0.05, 0.1) is 27.1 Å². The lowest BCUT2D eigenvalue weighted by molar-refractivity contribution is 0.112.